The Balaban J connectivity index is -0.000000259. The summed E-state index contributed by atoms with van der Waals surface area (Å²) in [5.74, 6) is 0.722. The Morgan fingerprint density at radius 3 is 1.64 bits per heavy atom. The van der Waals surface area contributed by atoms with Crippen LogP contribution in [0.25, 0.3) is 0 Å². The minimum atomic E-state index is -0.282. The van der Waals surface area contributed by atoms with Crippen molar-refractivity contribution in [1.82, 2.24) is 0 Å². The molecule has 3 N–H and O–H groups in total. The van der Waals surface area contributed by atoms with Gasteiger partial charge in [-0.05, 0) is 38.7 Å². The van der Waals surface area contributed by atoms with Crippen LogP contribution in [0.4, 0.5) is 0 Å². The molecule has 0 spiro atoms. The van der Waals surface area contributed by atoms with Crippen molar-refractivity contribution >= 4 is 0 Å². The van der Waals surface area contributed by atoms with Gasteiger partial charge in [-0.1, -0.05) is 74.9 Å². The molecule has 2 atom stereocenters. The number of hydrogen-bond acceptors (Lipinski definition) is 3. The molecular formula is C22H38O3. The molecule has 0 amide bonds. The number of aliphatic hydroxyl groups excluding tert-OH is 3. The molecule has 0 fully saturated rings. The predicted molar refractivity (Wildman–Crippen MR) is 111 cm³/mol. The first kappa shape index (κ1) is 28.0. The largest absolute Gasteiger partial charge is 0.516 e. The van der Waals surface area contributed by atoms with Crippen LogP contribution in [0.2, 0.25) is 0 Å². The SMILES string of the molecule is C/C=C/C(C)O.C=CC(C)CO.CC(C)/C=C/O.Cc1ccccc1. The summed E-state index contributed by atoms with van der Waals surface area (Å²) < 4.78 is 0. The first-order valence-electron chi connectivity index (χ1n) is 8.61. The number of benzene rings is 1. The summed E-state index contributed by atoms with van der Waals surface area (Å²) in [5.41, 5.74) is 1.32. The van der Waals surface area contributed by atoms with Gasteiger partial charge >= 0.3 is 0 Å². The Bertz CT molecular complexity index is 404. The topological polar surface area (TPSA) is 60.7 Å². The van der Waals surface area contributed by atoms with E-state index in [1.807, 2.05) is 52.0 Å². The van der Waals surface area contributed by atoms with Crippen LogP contribution >= 0.6 is 0 Å². The van der Waals surface area contributed by atoms with Gasteiger partial charge in [0.05, 0.1) is 12.4 Å². The van der Waals surface area contributed by atoms with Gasteiger partial charge in [0, 0.05) is 6.61 Å². The molecule has 0 aliphatic rings. The summed E-state index contributed by atoms with van der Waals surface area (Å²) in [4.78, 5) is 0. The fourth-order valence-corrected chi connectivity index (χ4v) is 1.06. The predicted octanol–water partition coefficient (Wildman–Crippen LogP) is 5.45. The van der Waals surface area contributed by atoms with Crippen LogP contribution in [0.1, 0.15) is 40.2 Å². The lowest BCUT2D eigenvalue weighted by Gasteiger charge is -1.93. The Kier molecular flexibility index (Phi) is 24.8. The molecule has 1 aromatic rings. The second kappa shape index (κ2) is 22.2. The second-order valence-electron chi connectivity index (χ2n) is 5.90. The molecule has 0 saturated heterocycles. The lowest BCUT2D eigenvalue weighted by Crippen LogP contribution is -1.93. The zero-order chi connectivity index (χ0) is 20.1. The molecule has 2 unspecified atom stereocenters. The van der Waals surface area contributed by atoms with E-state index >= 15 is 0 Å². The van der Waals surface area contributed by atoms with E-state index in [0.717, 1.165) is 6.26 Å². The van der Waals surface area contributed by atoms with E-state index in [1.165, 1.54) is 5.56 Å². The van der Waals surface area contributed by atoms with E-state index in [4.69, 9.17) is 15.3 Å². The summed E-state index contributed by atoms with van der Waals surface area (Å²) in [7, 11) is 0. The molecule has 0 bridgehead atoms. The fourth-order valence-electron chi connectivity index (χ4n) is 1.06. The highest BCUT2D eigenvalue weighted by molar-refractivity contribution is 5.11. The fraction of sp³-hybridized carbons (Fsp3) is 0.455. The van der Waals surface area contributed by atoms with Crippen molar-refractivity contribution in [2.45, 2.75) is 47.6 Å². The highest BCUT2D eigenvalue weighted by atomic mass is 16.3. The van der Waals surface area contributed by atoms with Crippen molar-refractivity contribution in [3.05, 3.63) is 73.0 Å². The molecule has 1 rings (SSSR count). The Hall–Kier alpha value is -1.84. The summed E-state index contributed by atoms with van der Waals surface area (Å²) in [6.07, 6.45) is 7.78. The number of allylic oxidation sites excluding steroid dienone is 2. The molecule has 0 saturated carbocycles. The van der Waals surface area contributed by atoms with E-state index < -0.39 is 0 Å². The van der Waals surface area contributed by atoms with Crippen LogP contribution in [0, 0.1) is 18.8 Å². The lowest BCUT2D eigenvalue weighted by atomic mass is 10.2. The van der Waals surface area contributed by atoms with Crippen molar-refractivity contribution in [2.75, 3.05) is 6.61 Å². The standard InChI is InChI=1S/C7H8.3C5H10O/c1-7-5-3-2-4-6-7;1-5(2)3-4-6;1-3-5(2)4-6;1-3-4-5(2)6/h2-6H,1H3;3-6H,1-2H3;3,5-6H,1,4H2,2H3;3-6H,1-2H3/b;4-3+;;4-3+. The molecular weight excluding hydrogens is 312 g/mol. The summed E-state index contributed by atoms with van der Waals surface area (Å²) in [6.45, 7) is 15.3. The third-order valence-electron chi connectivity index (χ3n) is 2.57. The van der Waals surface area contributed by atoms with Gasteiger partial charge in [-0.3, -0.25) is 0 Å². The third kappa shape index (κ3) is 34.5. The van der Waals surface area contributed by atoms with Gasteiger partial charge in [0.25, 0.3) is 0 Å². The van der Waals surface area contributed by atoms with Crippen LogP contribution in [-0.4, -0.2) is 28.0 Å². The van der Waals surface area contributed by atoms with Gasteiger partial charge < -0.3 is 15.3 Å². The van der Waals surface area contributed by atoms with Crippen molar-refractivity contribution in [3.8, 4) is 0 Å². The molecule has 0 aromatic heterocycles. The lowest BCUT2D eigenvalue weighted by molar-refractivity contribution is 0.244. The number of aryl methyl sites for hydroxylation is 1. The average molecular weight is 351 g/mol. The highest BCUT2D eigenvalue weighted by Crippen LogP contribution is 1.92. The maximum atomic E-state index is 8.47. The van der Waals surface area contributed by atoms with Crippen molar-refractivity contribution in [3.63, 3.8) is 0 Å². The Labute approximate surface area is 155 Å². The molecule has 3 nitrogen and oxygen atoms in total. The summed E-state index contributed by atoms with van der Waals surface area (Å²) in [6, 6.07) is 10.3. The smallest absolute Gasteiger partial charge is 0.0754 e. The second-order valence-corrected chi connectivity index (χ2v) is 5.90. The Morgan fingerprint density at radius 1 is 1.04 bits per heavy atom. The van der Waals surface area contributed by atoms with Gasteiger partial charge in [-0.2, -0.15) is 0 Å². The Morgan fingerprint density at radius 2 is 1.56 bits per heavy atom. The normalized spacial score (nSPS) is 12.2. The van der Waals surface area contributed by atoms with Crippen LogP contribution in [0.15, 0.2) is 67.5 Å². The number of aliphatic hydroxyl groups is 3. The van der Waals surface area contributed by atoms with Gasteiger partial charge in [0.15, 0.2) is 0 Å². The minimum absolute atomic E-state index is 0.212. The zero-order valence-electron chi connectivity index (χ0n) is 16.8. The first-order valence-corrected chi connectivity index (χ1v) is 8.61. The van der Waals surface area contributed by atoms with Crippen LogP contribution < -0.4 is 0 Å². The van der Waals surface area contributed by atoms with E-state index in [2.05, 4.69) is 25.6 Å². The van der Waals surface area contributed by atoms with Crippen molar-refractivity contribution in [2.24, 2.45) is 11.8 Å². The summed E-state index contributed by atoms with van der Waals surface area (Å²) in [5, 5.41) is 24.8. The molecule has 1 aromatic carbocycles. The zero-order valence-corrected chi connectivity index (χ0v) is 16.8. The molecule has 3 heteroatoms. The average Bonchev–Trinajstić information content (AvgIpc) is 2.56. The van der Waals surface area contributed by atoms with Crippen molar-refractivity contribution in [1.29, 1.82) is 0 Å². The molecule has 0 radical (unpaired) electrons. The van der Waals surface area contributed by atoms with E-state index in [-0.39, 0.29) is 18.6 Å². The monoisotopic (exact) mass is 350 g/mol. The van der Waals surface area contributed by atoms with Crippen LogP contribution in [-0.2, 0) is 0 Å². The number of hydrogen-bond donors (Lipinski definition) is 3. The summed E-state index contributed by atoms with van der Waals surface area (Å²) >= 11 is 0. The minimum Gasteiger partial charge on any atom is -0.516 e. The maximum Gasteiger partial charge on any atom is 0.0754 e. The van der Waals surface area contributed by atoms with Crippen LogP contribution in [0.3, 0.4) is 0 Å². The van der Waals surface area contributed by atoms with Crippen molar-refractivity contribution < 1.29 is 15.3 Å². The molecule has 25 heavy (non-hydrogen) atoms. The van der Waals surface area contributed by atoms with E-state index in [9.17, 15) is 0 Å². The van der Waals surface area contributed by atoms with E-state index in [0.29, 0.717) is 5.92 Å². The van der Waals surface area contributed by atoms with Gasteiger partial charge in [-0.15, -0.1) is 6.58 Å². The number of rotatable bonds is 4. The van der Waals surface area contributed by atoms with Gasteiger partial charge in [0.1, 0.15) is 0 Å². The van der Waals surface area contributed by atoms with E-state index in [1.54, 1.807) is 25.2 Å². The first-order chi connectivity index (χ1) is 11.7. The molecule has 0 aliphatic carbocycles. The molecule has 144 valence electrons. The highest BCUT2D eigenvalue weighted by Gasteiger charge is 1.85. The third-order valence-corrected chi connectivity index (χ3v) is 2.57. The molecule has 0 heterocycles. The van der Waals surface area contributed by atoms with Crippen LogP contribution in [0.5, 0.6) is 0 Å². The maximum absolute atomic E-state index is 8.47. The molecule has 0 aliphatic heterocycles. The van der Waals surface area contributed by atoms with Gasteiger partial charge in [0.2, 0.25) is 0 Å². The van der Waals surface area contributed by atoms with Gasteiger partial charge in [-0.25, -0.2) is 0 Å². The quantitative estimate of drug-likeness (QED) is 0.499.